The molecule has 2 aliphatic rings. The average Bonchev–Trinajstić information content (AvgIpc) is 3.36. The van der Waals surface area contributed by atoms with Gasteiger partial charge in [0.1, 0.15) is 16.7 Å². The van der Waals surface area contributed by atoms with Gasteiger partial charge in [-0.3, -0.25) is 9.48 Å². The SMILES string of the molecule is Cn1cc2nc(C(=O)NC3CCN(N4CCCC4)CC3)ccc2n1.NCC(F)(F)F.[HH].[HH]. The molecule has 2 aromatic heterocycles. The van der Waals surface area contributed by atoms with Gasteiger partial charge in [-0.2, -0.15) is 18.3 Å². The van der Waals surface area contributed by atoms with Crippen molar-refractivity contribution < 1.29 is 20.8 Å². The van der Waals surface area contributed by atoms with Crippen LogP contribution in [0, 0.1) is 0 Å². The molecule has 2 fully saturated rings. The zero-order chi connectivity index (χ0) is 21.7. The minimum Gasteiger partial charge on any atom is -0.348 e. The van der Waals surface area contributed by atoms with Crippen molar-refractivity contribution in [2.24, 2.45) is 12.8 Å². The van der Waals surface area contributed by atoms with E-state index in [9.17, 15) is 18.0 Å². The molecule has 8 nitrogen and oxygen atoms in total. The fraction of sp³-hybridized carbons (Fsp3) is 0.632. The van der Waals surface area contributed by atoms with Crippen molar-refractivity contribution in [3.8, 4) is 0 Å². The van der Waals surface area contributed by atoms with Crippen LogP contribution in [0.15, 0.2) is 18.3 Å². The Kier molecular flexibility index (Phi) is 7.27. The molecule has 2 aliphatic heterocycles. The van der Waals surface area contributed by atoms with Crippen LogP contribution in [0.5, 0.6) is 0 Å². The molecule has 0 saturated carbocycles. The summed E-state index contributed by atoms with van der Waals surface area (Å²) in [5.41, 5.74) is 6.22. The van der Waals surface area contributed by atoms with E-state index in [0.29, 0.717) is 5.69 Å². The van der Waals surface area contributed by atoms with Crippen LogP contribution < -0.4 is 11.1 Å². The topological polar surface area (TPSA) is 92.3 Å². The number of alkyl halides is 3. The molecule has 4 heterocycles. The number of rotatable bonds is 3. The highest BCUT2D eigenvalue weighted by molar-refractivity contribution is 5.94. The molecule has 0 bridgehead atoms. The zero-order valence-electron chi connectivity index (χ0n) is 17.0. The molecule has 4 rings (SSSR count). The Labute approximate surface area is 176 Å². The van der Waals surface area contributed by atoms with Crippen molar-refractivity contribution in [3.05, 3.63) is 24.0 Å². The summed E-state index contributed by atoms with van der Waals surface area (Å²) in [7, 11) is 1.86. The number of piperidine rings is 1. The molecule has 30 heavy (non-hydrogen) atoms. The lowest BCUT2D eigenvalue weighted by molar-refractivity contribution is -0.118. The van der Waals surface area contributed by atoms with Crippen LogP contribution in [-0.2, 0) is 7.05 Å². The molecule has 11 heteroatoms. The Bertz CT molecular complexity index is 851. The molecular weight excluding hydrogens is 399 g/mol. The number of hydrogen-bond acceptors (Lipinski definition) is 6. The van der Waals surface area contributed by atoms with E-state index in [-0.39, 0.29) is 14.8 Å². The predicted octanol–water partition coefficient (Wildman–Crippen LogP) is 2.17. The van der Waals surface area contributed by atoms with Crippen molar-refractivity contribution in [1.82, 2.24) is 30.1 Å². The number of nitrogens with two attached hydrogens (primary N) is 1. The Morgan fingerprint density at radius 3 is 2.37 bits per heavy atom. The fourth-order valence-corrected chi connectivity index (χ4v) is 3.69. The summed E-state index contributed by atoms with van der Waals surface area (Å²) < 4.78 is 33.7. The van der Waals surface area contributed by atoms with Gasteiger partial charge in [0.25, 0.3) is 5.91 Å². The van der Waals surface area contributed by atoms with E-state index in [1.165, 1.54) is 25.9 Å². The van der Waals surface area contributed by atoms with E-state index in [4.69, 9.17) is 0 Å². The summed E-state index contributed by atoms with van der Waals surface area (Å²) in [6, 6.07) is 3.85. The fourth-order valence-electron chi connectivity index (χ4n) is 3.69. The molecular formula is C19H32F3N7O. The first kappa shape index (κ1) is 22.4. The molecule has 0 atom stereocenters. The largest absolute Gasteiger partial charge is 0.400 e. The third kappa shape index (κ3) is 6.13. The molecule has 2 saturated heterocycles. The second kappa shape index (κ2) is 9.71. The molecule has 0 spiro atoms. The van der Waals surface area contributed by atoms with Crippen LogP contribution in [-0.4, -0.2) is 75.6 Å². The number of nitrogens with zero attached hydrogens (tertiary/aromatic N) is 5. The Morgan fingerprint density at radius 2 is 1.77 bits per heavy atom. The van der Waals surface area contributed by atoms with Gasteiger partial charge in [-0.25, -0.2) is 15.0 Å². The maximum Gasteiger partial charge on any atom is 0.400 e. The number of hydrazine groups is 1. The summed E-state index contributed by atoms with van der Waals surface area (Å²) in [4.78, 5) is 16.9. The number of aromatic nitrogens is 3. The third-order valence-electron chi connectivity index (χ3n) is 5.23. The van der Waals surface area contributed by atoms with Crippen molar-refractivity contribution in [1.29, 1.82) is 0 Å². The van der Waals surface area contributed by atoms with E-state index >= 15 is 0 Å². The predicted molar refractivity (Wildman–Crippen MR) is 111 cm³/mol. The number of carbonyl (C=O) groups is 1. The van der Waals surface area contributed by atoms with Crippen LogP contribution in [0.2, 0.25) is 0 Å². The number of hydrogen-bond donors (Lipinski definition) is 2. The molecule has 0 unspecified atom stereocenters. The lowest BCUT2D eigenvalue weighted by atomic mass is 10.1. The summed E-state index contributed by atoms with van der Waals surface area (Å²) in [5.74, 6) is -0.0830. The summed E-state index contributed by atoms with van der Waals surface area (Å²) >= 11 is 0. The number of carbonyl (C=O) groups excluding carboxylic acids is 1. The summed E-state index contributed by atoms with van der Waals surface area (Å²) in [6.07, 6.45) is 2.26. The first-order valence-electron chi connectivity index (χ1n) is 10.1. The van der Waals surface area contributed by atoms with E-state index in [1.54, 1.807) is 10.7 Å². The highest BCUT2D eigenvalue weighted by atomic mass is 19.4. The third-order valence-corrected chi connectivity index (χ3v) is 5.23. The van der Waals surface area contributed by atoms with Crippen molar-refractivity contribution in [2.45, 2.75) is 37.9 Å². The van der Waals surface area contributed by atoms with Gasteiger partial charge in [0, 0.05) is 42.1 Å². The molecule has 0 aliphatic carbocycles. The minimum atomic E-state index is -4.18. The van der Waals surface area contributed by atoms with Crippen molar-refractivity contribution in [3.63, 3.8) is 0 Å². The Hall–Kier alpha value is -2.24. The van der Waals surface area contributed by atoms with Gasteiger partial charge < -0.3 is 11.1 Å². The van der Waals surface area contributed by atoms with Gasteiger partial charge in [-0.15, -0.1) is 0 Å². The highest BCUT2D eigenvalue weighted by Crippen LogP contribution is 2.18. The molecule has 2 aromatic rings. The molecule has 0 aromatic carbocycles. The van der Waals surface area contributed by atoms with Gasteiger partial charge in [0.05, 0.1) is 12.7 Å². The number of pyridine rings is 1. The number of aryl methyl sites for hydroxylation is 1. The quantitative estimate of drug-likeness (QED) is 0.774. The maximum absolute atomic E-state index is 12.5. The van der Waals surface area contributed by atoms with Crippen LogP contribution in [0.1, 0.15) is 39.0 Å². The minimum absolute atomic E-state index is 0. The van der Waals surface area contributed by atoms with Gasteiger partial charge in [-0.05, 0) is 37.8 Å². The second-order valence-electron chi connectivity index (χ2n) is 7.59. The molecule has 170 valence electrons. The van der Waals surface area contributed by atoms with Gasteiger partial charge >= 0.3 is 6.18 Å². The first-order chi connectivity index (χ1) is 14.2. The van der Waals surface area contributed by atoms with Crippen molar-refractivity contribution >= 4 is 16.9 Å². The van der Waals surface area contributed by atoms with Crippen LogP contribution in [0.25, 0.3) is 11.0 Å². The standard InChI is InChI=1S/C17H24N6O.C2H4F3N.2H2/c1-21-12-16-14(20-21)4-5-15(19-16)17(24)18-13-6-10-23(11-7-13)22-8-2-3-9-22;3-2(4,5)1-6;;/h4-5,12-13H,2-3,6-11H2,1H3,(H,18,24);1,6H2;2*1H. The lowest BCUT2D eigenvalue weighted by Crippen LogP contribution is -2.50. The molecule has 0 radical (unpaired) electrons. The number of fused-ring (bicyclic) bond motifs is 1. The zero-order valence-corrected chi connectivity index (χ0v) is 17.0. The van der Waals surface area contributed by atoms with E-state index < -0.39 is 12.7 Å². The van der Waals surface area contributed by atoms with Crippen molar-refractivity contribution in [2.75, 3.05) is 32.7 Å². The summed E-state index contributed by atoms with van der Waals surface area (Å²) in [5, 5.41) is 12.4. The average molecular weight is 432 g/mol. The summed E-state index contributed by atoms with van der Waals surface area (Å²) in [6.45, 7) is 3.20. The number of halogens is 3. The van der Waals surface area contributed by atoms with E-state index in [1.807, 2.05) is 19.3 Å². The van der Waals surface area contributed by atoms with Crippen LogP contribution >= 0.6 is 0 Å². The Morgan fingerprint density at radius 1 is 1.17 bits per heavy atom. The first-order valence-corrected chi connectivity index (χ1v) is 10.1. The van der Waals surface area contributed by atoms with Gasteiger partial charge in [0.15, 0.2) is 0 Å². The number of amides is 1. The van der Waals surface area contributed by atoms with Crippen LogP contribution in [0.4, 0.5) is 13.2 Å². The molecule has 3 N–H and O–H groups in total. The van der Waals surface area contributed by atoms with E-state index in [0.717, 1.165) is 37.0 Å². The second-order valence-corrected chi connectivity index (χ2v) is 7.59. The lowest BCUT2D eigenvalue weighted by Gasteiger charge is -2.37. The molecule has 1 amide bonds. The van der Waals surface area contributed by atoms with Crippen LogP contribution in [0.3, 0.4) is 0 Å². The van der Waals surface area contributed by atoms with Gasteiger partial charge in [-0.1, -0.05) is 0 Å². The normalized spacial score (nSPS) is 19.0. The Balaban J connectivity index is 0.000000571. The highest BCUT2D eigenvalue weighted by Gasteiger charge is 2.26. The number of nitrogens with one attached hydrogen (secondary N) is 1. The van der Waals surface area contributed by atoms with Gasteiger partial charge in [0.2, 0.25) is 0 Å². The monoisotopic (exact) mass is 431 g/mol. The maximum atomic E-state index is 12.5. The smallest absolute Gasteiger partial charge is 0.348 e. The van der Waals surface area contributed by atoms with E-state index in [2.05, 4.69) is 31.2 Å².